The summed E-state index contributed by atoms with van der Waals surface area (Å²) in [5.41, 5.74) is 2.32. The van der Waals surface area contributed by atoms with Crippen molar-refractivity contribution in [3.05, 3.63) is 57.6 Å². The molecule has 1 fully saturated rings. The maximum atomic E-state index is 12.4. The van der Waals surface area contributed by atoms with Crippen LogP contribution in [-0.4, -0.2) is 43.0 Å². The lowest BCUT2D eigenvalue weighted by Crippen LogP contribution is -2.28. The Morgan fingerprint density at radius 2 is 1.88 bits per heavy atom. The van der Waals surface area contributed by atoms with E-state index in [2.05, 4.69) is 5.32 Å². The largest absolute Gasteiger partial charge is 0.497 e. The number of amides is 2. The van der Waals surface area contributed by atoms with Gasteiger partial charge in [0.1, 0.15) is 11.4 Å². The lowest BCUT2D eigenvalue weighted by molar-refractivity contribution is -0.383. The van der Waals surface area contributed by atoms with Crippen molar-refractivity contribution < 1.29 is 28.8 Å². The van der Waals surface area contributed by atoms with Crippen molar-refractivity contribution in [1.82, 2.24) is 0 Å². The van der Waals surface area contributed by atoms with Crippen LogP contribution in [0.3, 0.4) is 0 Å². The number of esters is 1. The van der Waals surface area contributed by atoms with Crippen LogP contribution < -0.4 is 15.0 Å². The normalized spacial score (nSPS) is 15.4. The highest BCUT2D eigenvalue weighted by Crippen LogP contribution is 2.29. The fourth-order valence-electron chi connectivity index (χ4n) is 3.56. The molecular weight excluding hydrogens is 418 g/mol. The van der Waals surface area contributed by atoms with E-state index in [1.54, 1.807) is 0 Å². The lowest BCUT2D eigenvalue weighted by atomic mass is 10.1. The molecular formula is C22H23N3O7. The van der Waals surface area contributed by atoms with Gasteiger partial charge in [0.05, 0.1) is 18.0 Å². The molecule has 32 heavy (non-hydrogen) atoms. The monoisotopic (exact) mass is 441 g/mol. The quantitative estimate of drug-likeness (QED) is 0.397. The van der Waals surface area contributed by atoms with Gasteiger partial charge in [-0.25, -0.2) is 0 Å². The molecule has 0 spiro atoms. The fourth-order valence-corrected chi connectivity index (χ4v) is 3.56. The maximum absolute atomic E-state index is 12.4. The molecule has 1 aliphatic rings. The van der Waals surface area contributed by atoms with Crippen molar-refractivity contribution in [3.63, 3.8) is 0 Å². The number of nitrogens with one attached hydrogen (secondary N) is 1. The van der Waals surface area contributed by atoms with Gasteiger partial charge in [0.2, 0.25) is 5.91 Å². The Bertz CT molecular complexity index is 1060. The summed E-state index contributed by atoms with van der Waals surface area (Å²) in [6.45, 7) is 3.37. The summed E-state index contributed by atoms with van der Waals surface area (Å²) in [5, 5.41) is 13.5. The SMILES string of the molecule is COc1ccc([N+](=O)[O-])c(NC(=O)COC(=O)[C@@H]2CC(=O)N(c3cc(C)cc(C)c3)C2)c1. The van der Waals surface area contributed by atoms with Crippen molar-refractivity contribution in [2.75, 3.05) is 30.5 Å². The maximum Gasteiger partial charge on any atom is 0.311 e. The second-order valence-electron chi connectivity index (χ2n) is 7.55. The third kappa shape index (κ3) is 5.20. The van der Waals surface area contributed by atoms with Crippen LogP contribution in [-0.2, 0) is 19.1 Å². The predicted molar refractivity (Wildman–Crippen MR) is 116 cm³/mol. The minimum Gasteiger partial charge on any atom is -0.497 e. The van der Waals surface area contributed by atoms with E-state index in [0.29, 0.717) is 11.4 Å². The summed E-state index contributed by atoms with van der Waals surface area (Å²) in [6.07, 6.45) is -0.0190. The van der Waals surface area contributed by atoms with Crippen molar-refractivity contribution >= 4 is 34.8 Å². The Hall–Kier alpha value is -3.95. The minimum atomic E-state index is -0.745. The molecule has 0 bridgehead atoms. The van der Waals surface area contributed by atoms with Crippen LogP contribution in [0.2, 0.25) is 0 Å². The molecule has 168 valence electrons. The van der Waals surface area contributed by atoms with E-state index in [1.807, 2.05) is 32.0 Å². The zero-order chi connectivity index (χ0) is 23.4. The second-order valence-corrected chi connectivity index (χ2v) is 7.55. The first-order valence-corrected chi connectivity index (χ1v) is 9.85. The molecule has 0 radical (unpaired) electrons. The number of anilines is 2. The van der Waals surface area contributed by atoms with Gasteiger partial charge in [0.25, 0.3) is 11.6 Å². The summed E-state index contributed by atoms with van der Waals surface area (Å²) in [4.78, 5) is 49.1. The Morgan fingerprint density at radius 3 is 2.50 bits per heavy atom. The number of nitro groups is 1. The van der Waals surface area contributed by atoms with E-state index < -0.39 is 29.3 Å². The highest BCUT2D eigenvalue weighted by Gasteiger charge is 2.36. The Balaban J connectivity index is 1.60. The molecule has 2 aromatic rings. The molecule has 2 amide bonds. The van der Waals surface area contributed by atoms with E-state index in [4.69, 9.17) is 9.47 Å². The number of hydrogen-bond donors (Lipinski definition) is 1. The van der Waals surface area contributed by atoms with E-state index in [-0.39, 0.29) is 30.2 Å². The Kier molecular flexibility index (Phi) is 6.72. The molecule has 10 nitrogen and oxygen atoms in total. The van der Waals surface area contributed by atoms with E-state index >= 15 is 0 Å². The van der Waals surface area contributed by atoms with Crippen LogP contribution in [0.5, 0.6) is 5.75 Å². The van der Waals surface area contributed by atoms with Crippen molar-refractivity contribution in [3.8, 4) is 5.75 Å². The third-order valence-electron chi connectivity index (χ3n) is 5.00. The van der Waals surface area contributed by atoms with E-state index in [0.717, 1.165) is 11.1 Å². The van der Waals surface area contributed by atoms with Crippen LogP contribution in [0.4, 0.5) is 17.1 Å². The third-order valence-corrected chi connectivity index (χ3v) is 5.00. The average molecular weight is 441 g/mol. The van der Waals surface area contributed by atoms with Crippen molar-refractivity contribution in [2.24, 2.45) is 5.92 Å². The topological polar surface area (TPSA) is 128 Å². The van der Waals surface area contributed by atoms with Gasteiger partial charge in [-0.1, -0.05) is 6.07 Å². The molecule has 3 rings (SSSR count). The highest BCUT2D eigenvalue weighted by molar-refractivity contribution is 6.00. The second kappa shape index (κ2) is 9.46. The minimum absolute atomic E-state index is 0.0190. The predicted octanol–water partition coefficient (Wildman–Crippen LogP) is 2.76. The van der Waals surface area contributed by atoms with Crippen LogP contribution in [0.1, 0.15) is 17.5 Å². The first-order chi connectivity index (χ1) is 15.2. The van der Waals surface area contributed by atoms with Gasteiger partial charge in [0.15, 0.2) is 6.61 Å². The number of carbonyl (C=O) groups is 3. The molecule has 1 aliphatic heterocycles. The van der Waals surface area contributed by atoms with Gasteiger partial charge in [-0.15, -0.1) is 0 Å². The molecule has 1 heterocycles. The van der Waals surface area contributed by atoms with Crippen LogP contribution in [0, 0.1) is 29.9 Å². The summed E-state index contributed by atoms with van der Waals surface area (Å²) in [5.74, 6) is -2.01. The number of nitro benzene ring substituents is 1. The van der Waals surface area contributed by atoms with Crippen molar-refractivity contribution in [2.45, 2.75) is 20.3 Å². The number of carbonyl (C=O) groups excluding carboxylic acids is 3. The summed E-state index contributed by atoms with van der Waals surface area (Å²) >= 11 is 0. The summed E-state index contributed by atoms with van der Waals surface area (Å²) in [6, 6.07) is 9.62. The standard InChI is InChI=1S/C22H23N3O7/c1-13-6-14(2)8-16(7-13)24-11-15(9-21(24)27)22(28)32-12-20(26)23-18-10-17(31-3)4-5-19(18)25(29)30/h4-8,10,15H,9,11-12H2,1-3H3,(H,23,26)/t15-/m1/s1. The first kappa shape index (κ1) is 22.7. The highest BCUT2D eigenvalue weighted by atomic mass is 16.6. The molecule has 10 heteroatoms. The molecule has 0 saturated carbocycles. The number of hydrogen-bond acceptors (Lipinski definition) is 7. The van der Waals surface area contributed by atoms with Gasteiger partial charge in [0, 0.05) is 30.8 Å². The fraction of sp³-hybridized carbons (Fsp3) is 0.318. The van der Waals surface area contributed by atoms with Gasteiger partial charge in [-0.2, -0.15) is 0 Å². The van der Waals surface area contributed by atoms with Crippen LogP contribution in [0.15, 0.2) is 36.4 Å². The zero-order valence-electron chi connectivity index (χ0n) is 17.9. The summed E-state index contributed by atoms with van der Waals surface area (Å²) < 4.78 is 10.1. The zero-order valence-corrected chi connectivity index (χ0v) is 17.9. The molecule has 2 aromatic carbocycles. The number of benzene rings is 2. The first-order valence-electron chi connectivity index (χ1n) is 9.85. The van der Waals surface area contributed by atoms with Gasteiger partial charge >= 0.3 is 5.97 Å². The number of methoxy groups -OCH3 is 1. The smallest absolute Gasteiger partial charge is 0.311 e. The van der Waals surface area contributed by atoms with Gasteiger partial charge in [-0.05, 0) is 43.2 Å². The van der Waals surface area contributed by atoms with E-state index in [9.17, 15) is 24.5 Å². The van der Waals surface area contributed by atoms with E-state index in [1.165, 1.54) is 30.2 Å². The molecule has 0 aliphatic carbocycles. The average Bonchev–Trinajstić information content (AvgIpc) is 3.12. The van der Waals surface area contributed by atoms with Crippen LogP contribution in [0.25, 0.3) is 0 Å². The summed E-state index contributed by atoms with van der Waals surface area (Å²) in [7, 11) is 1.39. The number of ether oxygens (including phenoxy) is 2. The Labute approximate surface area is 184 Å². The molecule has 1 N–H and O–H groups in total. The number of nitrogens with zero attached hydrogens (tertiary/aromatic N) is 2. The van der Waals surface area contributed by atoms with Crippen molar-refractivity contribution in [1.29, 1.82) is 0 Å². The molecule has 0 unspecified atom stereocenters. The number of rotatable bonds is 7. The van der Waals surface area contributed by atoms with Crippen LogP contribution >= 0.6 is 0 Å². The lowest BCUT2D eigenvalue weighted by Gasteiger charge is -2.18. The van der Waals surface area contributed by atoms with Gasteiger partial charge < -0.3 is 19.7 Å². The molecule has 1 saturated heterocycles. The van der Waals surface area contributed by atoms with Gasteiger partial charge in [-0.3, -0.25) is 24.5 Å². The molecule has 0 aromatic heterocycles. The molecule has 1 atom stereocenters. The Morgan fingerprint density at radius 1 is 1.19 bits per heavy atom. The number of aryl methyl sites for hydroxylation is 2.